The van der Waals surface area contributed by atoms with Crippen LogP contribution in [-0.2, 0) is 4.74 Å². The highest BCUT2D eigenvalue weighted by molar-refractivity contribution is 5.12. The van der Waals surface area contributed by atoms with E-state index in [1.54, 1.807) is 0 Å². The molecule has 0 radical (unpaired) electrons. The number of rotatable bonds is 16. The van der Waals surface area contributed by atoms with Crippen molar-refractivity contribution in [1.29, 1.82) is 0 Å². The lowest BCUT2D eigenvalue weighted by molar-refractivity contribution is -0.477. The SMILES string of the molecule is CCC(F)(F)C(F)(F)C(F)(F)C(F)(F)C(F)(CC(C)C)OC(F)(CC(C)C)C(F)(F)C(F)(F)C(F)(F)C(F)(F)CC. The van der Waals surface area contributed by atoms with Crippen LogP contribution in [0.1, 0.15) is 67.2 Å². The smallest absolute Gasteiger partial charge is 0.298 e. The lowest BCUT2D eigenvalue weighted by Crippen LogP contribution is -2.73. The van der Waals surface area contributed by atoms with Gasteiger partial charge >= 0.3 is 47.4 Å². The van der Waals surface area contributed by atoms with Crippen LogP contribution in [-0.4, -0.2) is 59.1 Å². The van der Waals surface area contributed by atoms with Crippen molar-refractivity contribution in [2.24, 2.45) is 11.8 Å². The maximum atomic E-state index is 15.6. The van der Waals surface area contributed by atoms with Crippen molar-refractivity contribution in [3.8, 4) is 0 Å². The molecule has 0 spiro atoms. The van der Waals surface area contributed by atoms with Crippen LogP contribution in [0, 0.1) is 11.8 Å². The molecule has 0 aliphatic carbocycles. The van der Waals surface area contributed by atoms with Gasteiger partial charge in [-0.2, -0.15) is 70.2 Å². The van der Waals surface area contributed by atoms with Crippen LogP contribution in [0.5, 0.6) is 0 Å². The van der Waals surface area contributed by atoms with E-state index in [0.717, 1.165) is 0 Å². The van der Waals surface area contributed by atoms with E-state index in [-0.39, 0.29) is 13.8 Å². The molecule has 0 amide bonds. The topological polar surface area (TPSA) is 9.23 Å². The molecule has 0 aromatic rings. The van der Waals surface area contributed by atoms with Crippen molar-refractivity contribution in [3.63, 3.8) is 0 Å². The van der Waals surface area contributed by atoms with Crippen LogP contribution in [0.4, 0.5) is 79.0 Å². The van der Waals surface area contributed by atoms with Crippen LogP contribution in [0.2, 0.25) is 0 Å². The largest absolute Gasteiger partial charge is 0.384 e. The van der Waals surface area contributed by atoms with E-state index < -0.39 is 96.6 Å². The lowest BCUT2D eigenvalue weighted by atomic mass is 9.86. The van der Waals surface area contributed by atoms with Gasteiger partial charge in [-0.25, -0.2) is 8.78 Å². The first kappa shape index (κ1) is 39.7. The molecule has 0 aromatic heterocycles. The molecule has 0 saturated heterocycles. The van der Waals surface area contributed by atoms with Crippen molar-refractivity contribution in [3.05, 3.63) is 0 Å². The molecule has 248 valence electrons. The van der Waals surface area contributed by atoms with Crippen LogP contribution in [0.15, 0.2) is 0 Å². The van der Waals surface area contributed by atoms with Gasteiger partial charge in [-0.15, -0.1) is 0 Å². The van der Waals surface area contributed by atoms with Crippen molar-refractivity contribution in [2.45, 2.75) is 126 Å². The second-order valence-electron chi connectivity index (χ2n) is 10.3. The molecule has 0 N–H and O–H groups in total. The summed E-state index contributed by atoms with van der Waals surface area (Å²) >= 11 is 0. The van der Waals surface area contributed by atoms with Gasteiger partial charge in [0.2, 0.25) is 0 Å². The van der Waals surface area contributed by atoms with Crippen LogP contribution in [0.25, 0.3) is 0 Å². The fourth-order valence-electron chi connectivity index (χ4n) is 3.54. The zero-order valence-corrected chi connectivity index (χ0v) is 22.2. The van der Waals surface area contributed by atoms with Gasteiger partial charge in [0.1, 0.15) is 0 Å². The van der Waals surface area contributed by atoms with Gasteiger partial charge in [0.25, 0.3) is 11.7 Å². The average molecular weight is 650 g/mol. The Labute approximate surface area is 222 Å². The minimum Gasteiger partial charge on any atom is -0.298 e. The number of hydrogen-bond donors (Lipinski definition) is 0. The molecule has 0 heterocycles. The Morgan fingerprint density at radius 2 is 0.610 bits per heavy atom. The van der Waals surface area contributed by atoms with E-state index in [0.29, 0.717) is 27.7 Å². The number of alkyl halides is 18. The van der Waals surface area contributed by atoms with Crippen molar-refractivity contribution >= 4 is 0 Å². The Morgan fingerprint density at radius 3 is 0.780 bits per heavy atom. The van der Waals surface area contributed by atoms with E-state index in [1.165, 1.54) is 0 Å². The van der Waals surface area contributed by atoms with Crippen LogP contribution >= 0.6 is 0 Å². The second-order valence-corrected chi connectivity index (χ2v) is 10.3. The molecule has 0 rings (SSSR count). The highest BCUT2D eigenvalue weighted by Gasteiger charge is 2.89. The Hall–Kier alpha value is -1.30. The van der Waals surface area contributed by atoms with Gasteiger partial charge in [0.05, 0.1) is 0 Å². The summed E-state index contributed by atoms with van der Waals surface area (Å²) in [4.78, 5) is 0. The van der Waals surface area contributed by atoms with E-state index in [2.05, 4.69) is 4.74 Å². The Kier molecular flexibility index (Phi) is 11.0. The molecule has 0 bridgehead atoms. The van der Waals surface area contributed by atoms with Crippen molar-refractivity contribution in [2.75, 3.05) is 0 Å². The van der Waals surface area contributed by atoms with Crippen LogP contribution < -0.4 is 0 Å². The lowest BCUT2D eigenvalue weighted by Gasteiger charge is -2.48. The molecular weight excluding hydrogens is 622 g/mol. The maximum Gasteiger partial charge on any atom is 0.384 e. The summed E-state index contributed by atoms with van der Waals surface area (Å²) < 4.78 is 262. The Bertz CT molecular complexity index is 814. The average Bonchev–Trinajstić information content (AvgIpc) is 2.76. The number of hydrogen-bond acceptors (Lipinski definition) is 1. The van der Waals surface area contributed by atoms with Gasteiger partial charge in [-0.05, 0) is 11.8 Å². The van der Waals surface area contributed by atoms with Gasteiger partial charge in [0, 0.05) is 25.7 Å². The summed E-state index contributed by atoms with van der Waals surface area (Å²) in [6.07, 6.45) is -9.78. The van der Waals surface area contributed by atoms with Crippen LogP contribution in [0.3, 0.4) is 0 Å². The predicted molar refractivity (Wildman–Crippen MR) is 108 cm³/mol. The maximum absolute atomic E-state index is 15.6. The third-order valence-electron chi connectivity index (χ3n) is 5.99. The van der Waals surface area contributed by atoms with E-state index in [4.69, 9.17) is 0 Å². The summed E-state index contributed by atoms with van der Waals surface area (Å²) in [5.74, 6) is -73.5. The molecular formula is C22H28F18O. The summed E-state index contributed by atoms with van der Waals surface area (Å²) in [6.45, 7) is 2.37. The first-order valence-electron chi connectivity index (χ1n) is 11.8. The van der Waals surface area contributed by atoms with Gasteiger partial charge in [0.15, 0.2) is 0 Å². The molecule has 19 heteroatoms. The standard InChI is InChI=1S/C22H28F18O/c1-7-13(23,24)17(29,30)21(37,38)19(33,34)15(27,9-11(3)4)41-16(28,10-12(5)6)20(35,36)22(39,40)18(31,32)14(25,26)8-2/h11-12H,7-10H2,1-6H3. The summed E-state index contributed by atoms with van der Waals surface area (Å²) in [5, 5.41) is 0. The minimum absolute atomic E-state index is 0.0829. The van der Waals surface area contributed by atoms with Crippen molar-refractivity contribution in [1.82, 2.24) is 0 Å². The summed E-state index contributed by atoms with van der Waals surface area (Å²) in [5.41, 5.74) is 0. The fraction of sp³-hybridized carbons (Fsp3) is 1.00. The second kappa shape index (κ2) is 11.3. The third-order valence-corrected chi connectivity index (χ3v) is 5.99. The Balaban J connectivity index is 7.57. The summed E-state index contributed by atoms with van der Waals surface area (Å²) in [7, 11) is 0. The third kappa shape index (κ3) is 6.07. The van der Waals surface area contributed by atoms with E-state index >= 15 is 8.78 Å². The molecule has 0 aromatic carbocycles. The molecule has 2 unspecified atom stereocenters. The summed E-state index contributed by atoms with van der Waals surface area (Å²) in [6, 6.07) is 0. The monoisotopic (exact) mass is 650 g/mol. The molecule has 0 aliphatic rings. The first-order chi connectivity index (χ1) is 17.7. The Morgan fingerprint density at radius 1 is 0.390 bits per heavy atom. The fourth-order valence-corrected chi connectivity index (χ4v) is 3.54. The molecule has 0 fully saturated rings. The number of ether oxygens (including phenoxy) is 1. The highest BCUT2D eigenvalue weighted by Crippen LogP contribution is 2.63. The number of halogens is 18. The molecule has 0 aliphatic heterocycles. The normalized spacial score (nSPS) is 18.6. The molecule has 1 nitrogen and oxygen atoms in total. The molecule has 2 atom stereocenters. The predicted octanol–water partition coefficient (Wildman–Crippen LogP) is 10.3. The van der Waals surface area contributed by atoms with E-state index in [1.807, 2.05) is 0 Å². The molecule has 0 saturated carbocycles. The minimum atomic E-state index is -7.65. The zero-order chi connectivity index (χ0) is 33.7. The van der Waals surface area contributed by atoms with Gasteiger partial charge in [-0.1, -0.05) is 41.5 Å². The van der Waals surface area contributed by atoms with Crippen molar-refractivity contribution < 1.29 is 83.8 Å². The van der Waals surface area contributed by atoms with Gasteiger partial charge < -0.3 is 0 Å². The zero-order valence-electron chi connectivity index (χ0n) is 22.2. The quantitative estimate of drug-likeness (QED) is 0.151. The van der Waals surface area contributed by atoms with Gasteiger partial charge in [-0.3, -0.25) is 4.74 Å². The highest BCUT2D eigenvalue weighted by atomic mass is 19.4. The first-order valence-corrected chi connectivity index (χ1v) is 11.8. The van der Waals surface area contributed by atoms with E-state index in [9.17, 15) is 70.2 Å². The molecule has 41 heavy (non-hydrogen) atoms.